The predicted molar refractivity (Wildman–Crippen MR) is 118 cm³/mol. The summed E-state index contributed by atoms with van der Waals surface area (Å²) in [5, 5.41) is 5.72. The zero-order chi connectivity index (χ0) is 21.3. The van der Waals surface area contributed by atoms with Gasteiger partial charge in [0.25, 0.3) is 11.8 Å². The van der Waals surface area contributed by atoms with Crippen LogP contribution in [0.4, 0.5) is 11.4 Å². The molecular weight excluding hydrogens is 376 g/mol. The molecule has 2 N–H and O–H groups in total. The van der Waals surface area contributed by atoms with Crippen LogP contribution in [0, 0.1) is 20.8 Å². The Bertz CT molecular complexity index is 1260. The summed E-state index contributed by atoms with van der Waals surface area (Å²) >= 11 is 0. The maximum atomic E-state index is 12.9. The summed E-state index contributed by atoms with van der Waals surface area (Å²) < 4.78 is 1.62. The van der Waals surface area contributed by atoms with Crippen molar-refractivity contribution in [3.05, 3.63) is 95.1 Å². The second-order valence-corrected chi connectivity index (χ2v) is 7.31. The molecule has 0 aliphatic carbocycles. The highest BCUT2D eigenvalue weighted by Gasteiger charge is 2.21. The summed E-state index contributed by atoms with van der Waals surface area (Å²) in [7, 11) is 0. The van der Waals surface area contributed by atoms with Crippen LogP contribution in [-0.4, -0.2) is 21.2 Å². The third-order valence-corrected chi connectivity index (χ3v) is 5.04. The van der Waals surface area contributed by atoms with E-state index in [1.807, 2.05) is 69.3 Å². The number of nitrogens with zero attached hydrogens (tertiary/aromatic N) is 2. The van der Waals surface area contributed by atoms with E-state index in [9.17, 15) is 9.59 Å². The van der Waals surface area contributed by atoms with Gasteiger partial charge in [-0.25, -0.2) is 4.98 Å². The van der Waals surface area contributed by atoms with Gasteiger partial charge >= 0.3 is 0 Å². The van der Waals surface area contributed by atoms with Gasteiger partial charge in [0.1, 0.15) is 0 Å². The van der Waals surface area contributed by atoms with Gasteiger partial charge in [-0.15, -0.1) is 0 Å². The molecule has 4 aromatic rings. The first kappa shape index (κ1) is 19.4. The van der Waals surface area contributed by atoms with Gasteiger partial charge in [-0.2, -0.15) is 0 Å². The first-order valence-electron chi connectivity index (χ1n) is 9.66. The Morgan fingerprint density at radius 2 is 1.50 bits per heavy atom. The van der Waals surface area contributed by atoms with Crippen LogP contribution in [-0.2, 0) is 0 Å². The lowest BCUT2D eigenvalue weighted by Gasteiger charge is -2.06. The number of hydrogen-bond acceptors (Lipinski definition) is 3. The second-order valence-electron chi connectivity index (χ2n) is 7.31. The SMILES string of the molecule is Cc1ccc(NC(=O)c2nc(C(=O)Nc3ccc(C)c(C)c3)c3ccccn23)cc1. The van der Waals surface area contributed by atoms with Gasteiger partial charge in [0.15, 0.2) is 5.69 Å². The number of hydrogen-bond donors (Lipinski definition) is 2. The van der Waals surface area contributed by atoms with Crippen molar-refractivity contribution < 1.29 is 9.59 Å². The number of anilines is 2. The number of aromatic nitrogens is 2. The molecule has 30 heavy (non-hydrogen) atoms. The summed E-state index contributed by atoms with van der Waals surface area (Å²) in [6, 6.07) is 18.6. The monoisotopic (exact) mass is 398 g/mol. The van der Waals surface area contributed by atoms with Crippen molar-refractivity contribution in [3.8, 4) is 0 Å². The highest BCUT2D eigenvalue weighted by Crippen LogP contribution is 2.19. The molecule has 0 fully saturated rings. The van der Waals surface area contributed by atoms with Gasteiger partial charge in [0.2, 0.25) is 5.82 Å². The second kappa shape index (κ2) is 7.83. The van der Waals surface area contributed by atoms with Crippen LogP contribution in [0.5, 0.6) is 0 Å². The van der Waals surface area contributed by atoms with Gasteiger partial charge < -0.3 is 10.6 Å². The number of rotatable bonds is 4. The minimum atomic E-state index is -0.384. The smallest absolute Gasteiger partial charge is 0.292 e. The Balaban J connectivity index is 1.66. The van der Waals surface area contributed by atoms with Crippen molar-refractivity contribution in [3.63, 3.8) is 0 Å². The zero-order valence-electron chi connectivity index (χ0n) is 17.1. The number of fused-ring (bicyclic) bond motifs is 1. The minimum Gasteiger partial charge on any atom is -0.321 e. The summed E-state index contributed by atoms with van der Waals surface area (Å²) in [5.41, 5.74) is 5.45. The van der Waals surface area contributed by atoms with Gasteiger partial charge in [-0.3, -0.25) is 14.0 Å². The van der Waals surface area contributed by atoms with Crippen molar-refractivity contribution in [1.82, 2.24) is 9.38 Å². The Labute approximate surface area is 174 Å². The molecule has 0 saturated heterocycles. The lowest BCUT2D eigenvalue weighted by atomic mass is 10.1. The Morgan fingerprint density at radius 1 is 0.800 bits per heavy atom. The fourth-order valence-corrected chi connectivity index (χ4v) is 3.20. The van der Waals surface area contributed by atoms with E-state index in [-0.39, 0.29) is 23.3 Å². The first-order valence-corrected chi connectivity index (χ1v) is 9.66. The van der Waals surface area contributed by atoms with Crippen LogP contribution in [0.25, 0.3) is 5.52 Å². The number of nitrogens with one attached hydrogen (secondary N) is 2. The van der Waals surface area contributed by atoms with Crippen molar-refractivity contribution in [1.29, 1.82) is 0 Å². The Hall–Kier alpha value is -3.93. The Kier molecular flexibility index (Phi) is 5.06. The molecular formula is C24H22N4O2. The molecule has 2 heterocycles. The van der Waals surface area contributed by atoms with E-state index < -0.39 is 0 Å². The lowest BCUT2D eigenvalue weighted by molar-refractivity contribution is 0.101. The Morgan fingerprint density at radius 3 is 2.23 bits per heavy atom. The quantitative estimate of drug-likeness (QED) is 0.520. The molecule has 2 aromatic heterocycles. The number of imidazole rings is 1. The molecule has 4 rings (SSSR count). The summed E-state index contributed by atoms with van der Waals surface area (Å²) in [6.07, 6.45) is 1.72. The molecule has 0 spiro atoms. The first-order chi connectivity index (χ1) is 14.4. The molecule has 2 amide bonds. The third-order valence-electron chi connectivity index (χ3n) is 5.04. The van der Waals surface area contributed by atoms with Gasteiger partial charge in [0.05, 0.1) is 5.52 Å². The van der Waals surface area contributed by atoms with Crippen LogP contribution < -0.4 is 10.6 Å². The highest BCUT2D eigenvalue weighted by molar-refractivity contribution is 6.10. The molecule has 0 radical (unpaired) electrons. The van der Waals surface area contributed by atoms with Crippen molar-refractivity contribution in [2.75, 3.05) is 10.6 Å². The largest absolute Gasteiger partial charge is 0.321 e. The van der Waals surface area contributed by atoms with Crippen LogP contribution >= 0.6 is 0 Å². The van der Waals surface area contributed by atoms with Gasteiger partial charge in [-0.1, -0.05) is 29.8 Å². The molecule has 0 bridgehead atoms. The summed E-state index contributed by atoms with van der Waals surface area (Å²) in [5.74, 6) is -0.599. The maximum Gasteiger partial charge on any atom is 0.292 e. The van der Waals surface area contributed by atoms with E-state index in [1.54, 1.807) is 22.7 Å². The topological polar surface area (TPSA) is 75.5 Å². The average molecular weight is 398 g/mol. The average Bonchev–Trinajstić information content (AvgIpc) is 3.12. The molecule has 6 heteroatoms. The maximum absolute atomic E-state index is 12.9. The predicted octanol–water partition coefficient (Wildman–Crippen LogP) is 4.76. The van der Waals surface area contributed by atoms with E-state index in [2.05, 4.69) is 15.6 Å². The lowest BCUT2D eigenvalue weighted by Crippen LogP contribution is -2.16. The molecule has 150 valence electrons. The number of carbonyl (C=O) groups excluding carboxylic acids is 2. The van der Waals surface area contributed by atoms with E-state index in [1.165, 1.54) is 0 Å². The van der Waals surface area contributed by atoms with Crippen molar-refractivity contribution in [2.45, 2.75) is 20.8 Å². The van der Waals surface area contributed by atoms with Crippen molar-refractivity contribution in [2.24, 2.45) is 0 Å². The van der Waals surface area contributed by atoms with Gasteiger partial charge in [-0.05, 0) is 68.3 Å². The van der Waals surface area contributed by atoms with Crippen LogP contribution in [0.1, 0.15) is 37.8 Å². The van der Waals surface area contributed by atoms with Gasteiger partial charge in [0, 0.05) is 17.6 Å². The molecule has 0 aliphatic heterocycles. The molecule has 0 unspecified atom stereocenters. The number of aryl methyl sites for hydroxylation is 3. The number of carbonyl (C=O) groups is 2. The molecule has 0 aliphatic rings. The minimum absolute atomic E-state index is 0.149. The molecule has 2 aromatic carbocycles. The zero-order valence-corrected chi connectivity index (χ0v) is 17.1. The van der Waals surface area contributed by atoms with Crippen LogP contribution in [0.2, 0.25) is 0 Å². The standard InChI is InChI=1S/C24H22N4O2/c1-15-7-10-18(11-8-15)25-24(30)22-27-21(20-6-4-5-13-28(20)22)23(29)26-19-12-9-16(2)17(3)14-19/h4-14H,1-3H3,(H,25,30)(H,26,29). The van der Waals surface area contributed by atoms with Crippen LogP contribution in [0.15, 0.2) is 66.9 Å². The summed E-state index contributed by atoms with van der Waals surface area (Å²) in [6.45, 7) is 5.99. The van der Waals surface area contributed by atoms with E-state index in [4.69, 9.17) is 0 Å². The third kappa shape index (κ3) is 3.80. The molecule has 0 atom stereocenters. The van der Waals surface area contributed by atoms with Crippen molar-refractivity contribution >= 4 is 28.7 Å². The number of benzene rings is 2. The van der Waals surface area contributed by atoms with E-state index in [0.29, 0.717) is 16.9 Å². The summed E-state index contributed by atoms with van der Waals surface area (Å²) in [4.78, 5) is 30.2. The van der Waals surface area contributed by atoms with E-state index in [0.717, 1.165) is 16.7 Å². The number of pyridine rings is 1. The molecule has 0 saturated carbocycles. The fraction of sp³-hybridized carbons (Fsp3) is 0.125. The van der Waals surface area contributed by atoms with E-state index >= 15 is 0 Å². The highest BCUT2D eigenvalue weighted by atomic mass is 16.2. The normalized spacial score (nSPS) is 10.8. The fourth-order valence-electron chi connectivity index (χ4n) is 3.20. The van der Waals surface area contributed by atoms with Crippen LogP contribution in [0.3, 0.4) is 0 Å². The molecule has 6 nitrogen and oxygen atoms in total. The number of amides is 2.